The van der Waals surface area contributed by atoms with Gasteiger partial charge in [0.15, 0.2) is 0 Å². The van der Waals surface area contributed by atoms with Crippen LogP contribution in [-0.4, -0.2) is 42.5 Å². The molecule has 1 heterocycles. The topological polar surface area (TPSA) is 30.3 Å². The maximum atomic E-state index is 9.39. The highest BCUT2D eigenvalue weighted by Gasteiger charge is 2.24. The van der Waals surface area contributed by atoms with Gasteiger partial charge in [0.25, 0.3) is 0 Å². The molecular weight excluding hydrogens is 246 g/mol. The average Bonchev–Trinajstić information content (AvgIpc) is 2.42. The second kappa shape index (κ2) is 6.19. The fraction of sp³-hybridized carbons (Fsp3) is 0.500. The Hall–Kier alpha value is -1.08. The Labute approximate surface area is 114 Å². The zero-order valence-electron chi connectivity index (χ0n) is 10.6. The Bertz CT molecular complexity index is 416. The summed E-state index contributed by atoms with van der Waals surface area (Å²) in [4.78, 5) is 4.65. The first-order valence-corrected chi connectivity index (χ1v) is 6.74. The van der Waals surface area contributed by atoms with Gasteiger partial charge in [-0.3, -0.25) is 4.90 Å². The summed E-state index contributed by atoms with van der Waals surface area (Å²) in [7, 11) is 0. The molecule has 1 atom stereocenters. The van der Waals surface area contributed by atoms with E-state index >= 15 is 0 Å². The molecule has 1 aliphatic rings. The van der Waals surface area contributed by atoms with Crippen molar-refractivity contribution in [2.45, 2.75) is 13.0 Å². The molecule has 1 unspecified atom stereocenters. The molecule has 0 bridgehead atoms. The van der Waals surface area contributed by atoms with Crippen LogP contribution in [0, 0.1) is 11.3 Å². The van der Waals surface area contributed by atoms with Crippen LogP contribution in [0.2, 0.25) is 5.02 Å². The Morgan fingerprint density at radius 2 is 1.83 bits per heavy atom. The highest BCUT2D eigenvalue weighted by Crippen LogP contribution is 2.23. The maximum absolute atomic E-state index is 9.39. The summed E-state index contributed by atoms with van der Waals surface area (Å²) in [5, 5.41) is 10.1. The van der Waals surface area contributed by atoms with Crippen molar-refractivity contribution in [3.05, 3.63) is 34.9 Å². The lowest BCUT2D eigenvalue weighted by molar-refractivity contribution is 0.118. The van der Waals surface area contributed by atoms with Crippen LogP contribution < -0.4 is 0 Å². The molecular formula is C14H18ClN3. The minimum Gasteiger partial charge on any atom is -0.301 e. The van der Waals surface area contributed by atoms with Crippen LogP contribution in [0.1, 0.15) is 18.5 Å². The quantitative estimate of drug-likeness (QED) is 0.840. The van der Waals surface area contributed by atoms with Crippen LogP contribution in [0.3, 0.4) is 0 Å². The first kappa shape index (κ1) is 13.4. The van der Waals surface area contributed by atoms with Gasteiger partial charge in [-0.25, -0.2) is 0 Å². The molecule has 2 rings (SSSR count). The molecule has 0 amide bonds. The SMILES string of the molecule is CCN1CCN(C(C#N)c2ccc(Cl)cc2)CC1. The van der Waals surface area contributed by atoms with Crippen LogP contribution in [0.4, 0.5) is 0 Å². The fourth-order valence-corrected chi connectivity index (χ4v) is 2.48. The van der Waals surface area contributed by atoms with E-state index in [1.54, 1.807) is 0 Å². The van der Waals surface area contributed by atoms with Gasteiger partial charge in [0, 0.05) is 31.2 Å². The number of nitrogens with zero attached hydrogens (tertiary/aromatic N) is 3. The minimum absolute atomic E-state index is 0.152. The number of hydrogen-bond acceptors (Lipinski definition) is 3. The molecule has 1 saturated heterocycles. The van der Waals surface area contributed by atoms with Crippen molar-refractivity contribution < 1.29 is 0 Å². The Kier molecular flexibility index (Phi) is 4.60. The number of likely N-dealkylation sites (N-methyl/N-ethyl adjacent to an activating group) is 1. The van der Waals surface area contributed by atoms with Crippen LogP contribution in [-0.2, 0) is 0 Å². The van der Waals surface area contributed by atoms with E-state index in [9.17, 15) is 5.26 Å². The molecule has 0 N–H and O–H groups in total. The molecule has 0 spiro atoms. The molecule has 0 aromatic heterocycles. The summed E-state index contributed by atoms with van der Waals surface area (Å²) in [6.45, 7) is 7.26. The van der Waals surface area contributed by atoms with Crippen LogP contribution in [0.15, 0.2) is 24.3 Å². The van der Waals surface area contributed by atoms with E-state index in [2.05, 4.69) is 22.8 Å². The Morgan fingerprint density at radius 3 is 2.33 bits per heavy atom. The molecule has 3 nitrogen and oxygen atoms in total. The summed E-state index contributed by atoms with van der Waals surface area (Å²) >= 11 is 5.88. The van der Waals surface area contributed by atoms with Gasteiger partial charge in [-0.1, -0.05) is 30.7 Å². The third kappa shape index (κ3) is 3.02. The van der Waals surface area contributed by atoms with Crippen molar-refractivity contribution in [2.75, 3.05) is 32.7 Å². The lowest BCUT2D eigenvalue weighted by Gasteiger charge is -2.36. The van der Waals surface area contributed by atoms with Crippen molar-refractivity contribution in [3.8, 4) is 6.07 Å². The van der Waals surface area contributed by atoms with E-state index in [0.717, 1.165) is 38.3 Å². The van der Waals surface area contributed by atoms with Gasteiger partial charge >= 0.3 is 0 Å². The van der Waals surface area contributed by atoms with Crippen molar-refractivity contribution in [2.24, 2.45) is 0 Å². The number of halogens is 1. The second-order valence-corrected chi connectivity index (χ2v) is 4.99. The monoisotopic (exact) mass is 263 g/mol. The molecule has 18 heavy (non-hydrogen) atoms. The number of piperazine rings is 1. The van der Waals surface area contributed by atoms with Crippen molar-refractivity contribution in [3.63, 3.8) is 0 Å². The third-order valence-corrected chi connectivity index (χ3v) is 3.78. The van der Waals surface area contributed by atoms with E-state index in [1.807, 2.05) is 24.3 Å². The van der Waals surface area contributed by atoms with Crippen molar-refractivity contribution in [1.29, 1.82) is 5.26 Å². The Balaban J connectivity index is 2.06. The number of nitriles is 1. The molecule has 0 saturated carbocycles. The molecule has 0 radical (unpaired) electrons. The first-order chi connectivity index (χ1) is 8.74. The predicted octanol–water partition coefficient (Wildman–Crippen LogP) is 2.54. The number of benzene rings is 1. The summed E-state index contributed by atoms with van der Waals surface area (Å²) in [5.74, 6) is 0. The minimum atomic E-state index is -0.152. The smallest absolute Gasteiger partial charge is 0.123 e. The van der Waals surface area contributed by atoms with Gasteiger partial charge in [0.05, 0.1) is 6.07 Å². The van der Waals surface area contributed by atoms with E-state index in [0.29, 0.717) is 5.02 Å². The van der Waals surface area contributed by atoms with Gasteiger partial charge < -0.3 is 4.90 Å². The summed E-state index contributed by atoms with van der Waals surface area (Å²) in [5.41, 5.74) is 1.03. The van der Waals surface area contributed by atoms with Crippen LogP contribution in [0.5, 0.6) is 0 Å². The zero-order chi connectivity index (χ0) is 13.0. The second-order valence-electron chi connectivity index (χ2n) is 4.55. The highest BCUT2D eigenvalue weighted by molar-refractivity contribution is 6.30. The zero-order valence-corrected chi connectivity index (χ0v) is 11.4. The number of rotatable bonds is 3. The first-order valence-electron chi connectivity index (χ1n) is 6.36. The van der Waals surface area contributed by atoms with Gasteiger partial charge in [-0.05, 0) is 24.2 Å². The van der Waals surface area contributed by atoms with Crippen molar-refractivity contribution >= 4 is 11.6 Å². The van der Waals surface area contributed by atoms with Gasteiger partial charge in [0.2, 0.25) is 0 Å². The van der Waals surface area contributed by atoms with Gasteiger partial charge in [-0.2, -0.15) is 5.26 Å². The Morgan fingerprint density at radius 1 is 1.22 bits per heavy atom. The van der Waals surface area contributed by atoms with E-state index in [1.165, 1.54) is 0 Å². The van der Waals surface area contributed by atoms with E-state index in [4.69, 9.17) is 11.6 Å². The molecule has 1 aliphatic heterocycles. The summed E-state index contributed by atoms with van der Waals surface area (Å²) in [6, 6.07) is 9.85. The fourth-order valence-electron chi connectivity index (χ4n) is 2.35. The molecule has 96 valence electrons. The lowest BCUT2D eigenvalue weighted by Crippen LogP contribution is -2.47. The van der Waals surface area contributed by atoms with Gasteiger partial charge in [0.1, 0.15) is 6.04 Å². The maximum Gasteiger partial charge on any atom is 0.123 e. The lowest BCUT2D eigenvalue weighted by atomic mass is 10.1. The van der Waals surface area contributed by atoms with Crippen LogP contribution in [0.25, 0.3) is 0 Å². The van der Waals surface area contributed by atoms with Gasteiger partial charge in [-0.15, -0.1) is 0 Å². The largest absolute Gasteiger partial charge is 0.301 e. The van der Waals surface area contributed by atoms with Crippen LogP contribution >= 0.6 is 11.6 Å². The summed E-state index contributed by atoms with van der Waals surface area (Å²) in [6.07, 6.45) is 0. The van der Waals surface area contributed by atoms with E-state index in [-0.39, 0.29) is 6.04 Å². The average molecular weight is 264 g/mol. The number of hydrogen-bond donors (Lipinski definition) is 0. The molecule has 1 aromatic rings. The van der Waals surface area contributed by atoms with E-state index < -0.39 is 0 Å². The summed E-state index contributed by atoms with van der Waals surface area (Å²) < 4.78 is 0. The molecule has 0 aliphatic carbocycles. The normalized spacial score (nSPS) is 19.4. The standard InChI is InChI=1S/C14H18ClN3/c1-2-17-7-9-18(10-8-17)14(11-16)12-3-5-13(15)6-4-12/h3-6,14H,2,7-10H2,1H3. The molecule has 1 aromatic carbocycles. The highest BCUT2D eigenvalue weighted by atomic mass is 35.5. The van der Waals surface area contributed by atoms with Crippen molar-refractivity contribution in [1.82, 2.24) is 9.80 Å². The molecule has 4 heteroatoms. The third-order valence-electron chi connectivity index (χ3n) is 3.53. The molecule has 1 fully saturated rings. The predicted molar refractivity (Wildman–Crippen MR) is 73.5 cm³/mol.